The van der Waals surface area contributed by atoms with E-state index in [4.69, 9.17) is 0 Å². The van der Waals surface area contributed by atoms with E-state index in [0.717, 1.165) is 40.2 Å². The van der Waals surface area contributed by atoms with Crippen LogP contribution < -0.4 is 14.9 Å². The molecule has 0 unspecified atom stereocenters. The van der Waals surface area contributed by atoms with Crippen molar-refractivity contribution in [1.82, 2.24) is 25.6 Å². The molecule has 236 valence electrons. The van der Waals surface area contributed by atoms with Gasteiger partial charge in [-0.15, -0.1) is 5.10 Å². The summed E-state index contributed by atoms with van der Waals surface area (Å²) in [6, 6.07) is 22.1. The molecule has 1 saturated carbocycles. The van der Waals surface area contributed by atoms with Gasteiger partial charge >= 0.3 is 0 Å². The van der Waals surface area contributed by atoms with Gasteiger partial charge in [-0.05, 0) is 55.5 Å². The van der Waals surface area contributed by atoms with Crippen LogP contribution in [-0.2, 0) is 23.0 Å². The van der Waals surface area contributed by atoms with Crippen molar-refractivity contribution >= 4 is 27.5 Å². The largest absolute Gasteiger partial charge is 0.389 e. The van der Waals surface area contributed by atoms with Crippen LogP contribution in [0.3, 0.4) is 0 Å². The molecule has 12 heteroatoms. The van der Waals surface area contributed by atoms with Gasteiger partial charge in [0.2, 0.25) is 10.0 Å². The molecule has 1 aliphatic rings. The number of rotatable bonds is 13. The van der Waals surface area contributed by atoms with Gasteiger partial charge in [0.1, 0.15) is 0 Å². The van der Waals surface area contributed by atoms with Gasteiger partial charge in [0, 0.05) is 30.3 Å². The Morgan fingerprint density at radius 2 is 1.58 bits per heavy atom. The summed E-state index contributed by atoms with van der Waals surface area (Å²) in [4.78, 5) is 27.2. The third-order valence-electron chi connectivity index (χ3n) is 7.96. The van der Waals surface area contributed by atoms with E-state index in [9.17, 15) is 23.1 Å². The Balaban J connectivity index is 1.41. The first-order valence-corrected chi connectivity index (χ1v) is 16.7. The summed E-state index contributed by atoms with van der Waals surface area (Å²) in [6.07, 6.45) is 4.32. The molecule has 3 atom stereocenters. The highest BCUT2D eigenvalue weighted by molar-refractivity contribution is 7.92. The third kappa shape index (κ3) is 8.34. The zero-order valence-electron chi connectivity index (χ0n) is 25.5. The Kier molecular flexibility index (Phi) is 9.64. The fraction of sp³-hybridized carbons (Fsp3) is 0.333. The predicted molar refractivity (Wildman–Crippen MR) is 171 cm³/mol. The van der Waals surface area contributed by atoms with Crippen LogP contribution in [0, 0.1) is 0 Å². The van der Waals surface area contributed by atoms with E-state index in [1.807, 2.05) is 73.8 Å². The molecule has 1 aromatic heterocycles. The quantitative estimate of drug-likeness (QED) is 0.205. The van der Waals surface area contributed by atoms with Gasteiger partial charge in [0.15, 0.2) is 0 Å². The van der Waals surface area contributed by atoms with Gasteiger partial charge in [-0.1, -0.05) is 65.9 Å². The van der Waals surface area contributed by atoms with E-state index in [0.29, 0.717) is 12.3 Å². The van der Waals surface area contributed by atoms with Crippen LogP contribution in [0.2, 0.25) is 0 Å². The SMILES string of the molecule is C[C@@H](NC(=O)c1cc(C(=O)N[C@@H](Cc2ccccc2)[C@@H](O)Cn2cc(C3CC3)nn2)cc(N(C)S(C)(=O)=O)c1)c1ccccc1. The van der Waals surface area contributed by atoms with Gasteiger partial charge in [0.05, 0.1) is 42.4 Å². The zero-order valence-corrected chi connectivity index (χ0v) is 26.3. The number of carbonyl (C=O) groups is 2. The van der Waals surface area contributed by atoms with Crippen LogP contribution >= 0.6 is 0 Å². The minimum atomic E-state index is -3.70. The smallest absolute Gasteiger partial charge is 0.251 e. The normalized spacial score (nSPS) is 15.1. The van der Waals surface area contributed by atoms with Crippen molar-refractivity contribution in [2.75, 3.05) is 17.6 Å². The van der Waals surface area contributed by atoms with Crippen molar-refractivity contribution in [2.45, 2.75) is 56.8 Å². The molecule has 3 N–H and O–H groups in total. The van der Waals surface area contributed by atoms with Crippen LogP contribution in [-0.4, -0.2) is 65.8 Å². The first-order valence-electron chi connectivity index (χ1n) is 14.9. The van der Waals surface area contributed by atoms with Crippen molar-refractivity contribution in [3.8, 4) is 0 Å². The van der Waals surface area contributed by atoms with E-state index >= 15 is 0 Å². The highest BCUT2D eigenvalue weighted by Gasteiger charge is 2.28. The number of aromatic nitrogens is 3. The first kappa shape index (κ1) is 31.9. The number of amides is 2. The molecule has 2 amide bonds. The molecule has 4 aromatic rings. The van der Waals surface area contributed by atoms with Gasteiger partial charge in [0.25, 0.3) is 11.8 Å². The van der Waals surface area contributed by atoms with Crippen LogP contribution in [0.25, 0.3) is 0 Å². The lowest BCUT2D eigenvalue weighted by molar-refractivity contribution is 0.0779. The van der Waals surface area contributed by atoms with Gasteiger partial charge < -0.3 is 15.7 Å². The van der Waals surface area contributed by atoms with Crippen LogP contribution in [0.4, 0.5) is 5.69 Å². The molecule has 11 nitrogen and oxygen atoms in total. The molecule has 45 heavy (non-hydrogen) atoms. The fourth-order valence-electron chi connectivity index (χ4n) is 5.04. The number of aliphatic hydroxyl groups excluding tert-OH is 1. The summed E-state index contributed by atoms with van der Waals surface area (Å²) >= 11 is 0. The first-order chi connectivity index (χ1) is 21.5. The van der Waals surface area contributed by atoms with Crippen LogP contribution in [0.1, 0.15) is 69.3 Å². The minimum Gasteiger partial charge on any atom is -0.389 e. The molecule has 1 heterocycles. The molecule has 0 saturated heterocycles. The maximum Gasteiger partial charge on any atom is 0.251 e. The molecule has 0 radical (unpaired) electrons. The summed E-state index contributed by atoms with van der Waals surface area (Å²) in [5, 5.41) is 25.6. The highest BCUT2D eigenvalue weighted by atomic mass is 32.2. The van der Waals surface area contributed by atoms with Crippen LogP contribution in [0.15, 0.2) is 85.1 Å². The topological polar surface area (TPSA) is 147 Å². The number of benzene rings is 3. The Bertz CT molecular complexity index is 1740. The van der Waals surface area contributed by atoms with E-state index < -0.39 is 34.0 Å². The second-order valence-electron chi connectivity index (χ2n) is 11.6. The zero-order chi connectivity index (χ0) is 32.1. The number of nitrogens with one attached hydrogen (secondary N) is 2. The number of aliphatic hydroxyl groups is 1. The lowest BCUT2D eigenvalue weighted by Gasteiger charge is -2.25. The number of nitrogens with zero attached hydrogens (tertiary/aromatic N) is 4. The lowest BCUT2D eigenvalue weighted by Crippen LogP contribution is -2.46. The summed E-state index contributed by atoms with van der Waals surface area (Å²) < 4.78 is 27.5. The average molecular weight is 631 g/mol. The molecular weight excluding hydrogens is 592 g/mol. The molecule has 1 aliphatic carbocycles. The monoisotopic (exact) mass is 630 g/mol. The summed E-state index contributed by atoms with van der Waals surface area (Å²) in [5.41, 5.74) is 3.03. The van der Waals surface area contributed by atoms with Crippen molar-refractivity contribution < 1.29 is 23.1 Å². The predicted octanol–water partition coefficient (Wildman–Crippen LogP) is 3.44. The van der Waals surface area contributed by atoms with Gasteiger partial charge in [-0.3, -0.25) is 13.9 Å². The Morgan fingerprint density at radius 1 is 0.978 bits per heavy atom. The number of hydrogen-bond donors (Lipinski definition) is 3. The second kappa shape index (κ2) is 13.6. The standard InChI is InChI=1S/C33H38N6O5S/c1-22(24-12-8-5-9-13-24)34-32(41)26-17-27(19-28(18-26)38(2)45(3,43)44)33(42)35-29(16-23-10-6-4-7-11-23)31(40)21-39-20-30(36-37-39)25-14-15-25/h4-13,17-20,22,25,29,31,40H,14-16,21H2,1-3H3,(H,34,41)(H,35,42)/t22-,29+,31+/m1/s1. The van der Waals surface area contributed by atoms with E-state index in [-0.39, 0.29) is 29.4 Å². The van der Waals surface area contributed by atoms with Crippen molar-refractivity contribution in [1.29, 1.82) is 0 Å². The Hall–Kier alpha value is -4.55. The molecule has 0 spiro atoms. The molecule has 0 bridgehead atoms. The average Bonchev–Trinajstić information content (AvgIpc) is 3.78. The van der Waals surface area contributed by atoms with Crippen molar-refractivity contribution in [2.24, 2.45) is 0 Å². The maximum absolute atomic E-state index is 13.8. The molecule has 3 aromatic carbocycles. The van der Waals surface area contributed by atoms with Gasteiger partial charge in [-0.2, -0.15) is 0 Å². The number of anilines is 1. The number of hydrogen-bond acceptors (Lipinski definition) is 7. The van der Waals surface area contributed by atoms with E-state index in [1.165, 1.54) is 25.2 Å². The summed E-state index contributed by atoms with van der Waals surface area (Å²) in [6.45, 7) is 1.95. The van der Waals surface area contributed by atoms with Crippen molar-refractivity contribution in [3.63, 3.8) is 0 Å². The lowest BCUT2D eigenvalue weighted by atomic mass is 10.00. The highest BCUT2D eigenvalue weighted by Crippen LogP contribution is 2.38. The number of sulfonamides is 1. The molecular formula is C33H38N6O5S. The minimum absolute atomic E-state index is 0.0718. The summed E-state index contributed by atoms with van der Waals surface area (Å²) in [7, 11) is -2.35. The second-order valence-corrected chi connectivity index (χ2v) is 13.6. The van der Waals surface area contributed by atoms with E-state index in [1.54, 1.807) is 4.68 Å². The molecule has 0 aliphatic heterocycles. The number of carbonyl (C=O) groups excluding carboxylic acids is 2. The Labute approximate surface area is 263 Å². The fourth-order valence-corrected chi connectivity index (χ4v) is 5.53. The molecule has 5 rings (SSSR count). The van der Waals surface area contributed by atoms with Crippen LogP contribution in [0.5, 0.6) is 0 Å². The van der Waals surface area contributed by atoms with Crippen molar-refractivity contribution in [3.05, 3.63) is 113 Å². The third-order valence-corrected chi connectivity index (χ3v) is 9.16. The van der Waals surface area contributed by atoms with Gasteiger partial charge in [-0.25, -0.2) is 13.1 Å². The molecule has 1 fully saturated rings. The summed E-state index contributed by atoms with van der Waals surface area (Å²) in [5.74, 6) is -0.626. The van der Waals surface area contributed by atoms with E-state index in [2.05, 4.69) is 20.9 Å². The Morgan fingerprint density at radius 3 is 2.18 bits per heavy atom. The maximum atomic E-state index is 13.8.